The van der Waals surface area contributed by atoms with Gasteiger partial charge in [-0.25, -0.2) is 0 Å². The van der Waals surface area contributed by atoms with Crippen LogP contribution in [-0.4, -0.2) is 21.8 Å². The van der Waals surface area contributed by atoms with Crippen LogP contribution in [0.1, 0.15) is 28.7 Å². The minimum atomic E-state index is -0.480. The predicted molar refractivity (Wildman–Crippen MR) is 70.9 cm³/mol. The molecule has 0 aliphatic rings. The Kier molecular flexibility index (Phi) is 4.28. The van der Waals surface area contributed by atoms with Crippen LogP contribution in [0, 0.1) is 6.92 Å². The van der Waals surface area contributed by atoms with E-state index in [2.05, 4.69) is 9.59 Å². The van der Waals surface area contributed by atoms with Crippen molar-refractivity contribution in [1.29, 1.82) is 0 Å². The van der Waals surface area contributed by atoms with Crippen molar-refractivity contribution in [3.8, 4) is 5.75 Å². The Balaban J connectivity index is 1.93. The van der Waals surface area contributed by atoms with Gasteiger partial charge in [0, 0.05) is 0 Å². The summed E-state index contributed by atoms with van der Waals surface area (Å²) in [6, 6.07) is 7.90. The normalized spacial score (nSPS) is 12.4. The highest BCUT2D eigenvalue weighted by atomic mass is 32.1. The molecule has 1 heterocycles. The van der Waals surface area contributed by atoms with Gasteiger partial charge in [-0.3, -0.25) is 0 Å². The molecule has 4 nitrogen and oxygen atoms in total. The summed E-state index contributed by atoms with van der Waals surface area (Å²) in [7, 11) is 1.65. The maximum absolute atomic E-state index is 10.1. The Hall–Kier alpha value is -1.46. The highest BCUT2D eigenvalue weighted by molar-refractivity contribution is 7.05. The van der Waals surface area contributed by atoms with Crippen LogP contribution < -0.4 is 4.74 Å². The van der Waals surface area contributed by atoms with E-state index >= 15 is 0 Å². The number of benzene rings is 1. The van der Waals surface area contributed by atoms with Crippen LogP contribution >= 0.6 is 11.5 Å². The molecule has 96 valence electrons. The molecule has 0 bridgehead atoms. The Bertz CT molecular complexity index is 496. The molecule has 0 saturated heterocycles. The van der Waals surface area contributed by atoms with E-state index < -0.39 is 6.10 Å². The third-order valence-electron chi connectivity index (χ3n) is 2.85. The quantitative estimate of drug-likeness (QED) is 0.901. The second-order valence-electron chi connectivity index (χ2n) is 4.13. The van der Waals surface area contributed by atoms with Gasteiger partial charge in [0.2, 0.25) is 0 Å². The van der Waals surface area contributed by atoms with Crippen LogP contribution in [0.15, 0.2) is 24.3 Å². The number of aliphatic hydroxyl groups is 1. The summed E-state index contributed by atoms with van der Waals surface area (Å²) in [6.45, 7) is 1.87. The number of ether oxygens (including phenoxy) is 1. The molecule has 0 spiro atoms. The SMILES string of the molecule is COc1ccc(CCC(O)c2snnc2C)cc1. The van der Waals surface area contributed by atoms with Crippen molar-refractivity contribution in [2.24, 2.45) is 0 Å². The molecule has 0 radical (unpaired) electrons. The number of hydrogen-bond acceptors (Lipinski definition) is 5. The Labute approximate surface area is 110 Å². The van der Waals surface area contributed by atoms with Gasteiger partial charge in [0.25, 0.3) is 0 Å². The number of aliphatic hydroxyl groups excluding tert-OH is 1. The minimum absolute atomic E-state index is 0.480. The largest absolute Gasteiger partial charge is 0.497 e. The summed E-state index contributed by atoms with van der Waals surface area (Å²) >= 11 is 1.27. The molecule has 0 amide bonds. The molecule has 1 aromatic carbocycles. The molecule has 1 unspecified atom stereocenters. The van der Waals surface area contributed by atoms with Gasteiger partial charge >= 0.3 is 0 Å². The molecule has 2 rings (SSSR count). The van der Waals surface area contributed by atoms with Gasteiger partial charge in [-0.1, -0.05) is 16.6 Å². The van der Waals surface area contributed by atoms with E-state index in [1.54, 1.807) is 7.11 Å². The predicted octanol–water partition coefficient (Wildman–Crippen LogP) is 2.52. The van der Waals surface area contributed by atoms with E-state index in [-0.39, 0.29) is 0 Å². The lowest BCUT2D eigenvalue weighted by molar-refractivity contribution is 0.170. The first-order chi connectivity index (χ1) is 8.70. The first-order valence-corrected chi connectivity index (χ1v) is 6.58. The zero-order valence-electron chi connectivity index (χ0n) is 10.5. The molecule has 0 aliphatic carbocycles. The Morgan fingerprint density at radius 3 is 2.61 bits per heavy atom. The topological polar surface area (TPSA) is 55.2 Å². The van der Waals surface area contributed by atoms with Gasteiger partial charge in [0.15, 0.2) is 0 Å². The number of nitrogens with zero attached hydrogens (tertiary/aromatic N) is 2. The van der Waals surface area contributed by atoms with Gasteiger partial charge in [-0.15, -0.1) is 5.10 Å². The van der Waals surface area contributed by atoms with E-state index in [1.165, 1.54) is 17.1 Å². The van der Waals surface area contributed by atoms with Gasteiger partial charge in [-0.05, 0) is 49.0 Å². The molecule has 0 aliphatic heterocycles. The molecule has 0 saturated carbocycles. The molecular weight excluding hydrogens is 248 g/mol. The molecule has 5 heteroatoms. The lowest BCUT2D eigenvalue weighted by Crippen LogP contribution is -1.99. The van der Waals surface area contributed by atoms with Crippen molar-refractivity contribution < 1.29 is 9.84 Å². The van der Waals surface area contributed by atoms with E-state index in [1.807, 2.05) is 31.2 Å². The van der Waals surface area contributed by atoms with Crippen LogP contribution in [0.5, 0.6) is 5.75 Å². The van der Waals surface area contributed by atoms with Crippen molar-refractivity contribution in [3.63, 3.8) is 0 Å². The number of aryl methyl sites for hydroxylation is 2. The average molecular weight is 264 g/mol. The lowest BCUT2D eigenvalue weighted by Gasteiger charge is -2.09. The van der Waals surface area contributed by atoms with Crippen molar-refractivity contribution in [3.05, 3.63) is 40.4 Å². The monoisotopic (exact) mass is 264 g/mol. The molecule has 1 N–H and O–H groups in total. The number of rotatable bonds is 5. The Morgan fingerprint density at radius 2 is 2.06 bits per heavy atom. The summed E-state index contributed by atoms with van der Waals surface area (Å²) < 4.78 is 8.94. The first-order valence-electron chi connectivity index (χ1n) is 5.80. The minimum Gasteiger partial charge on any atom is -0.497 e. The maximum Gasteiger partial charge on any atom is 0.118 e. The zero-order chi connectivity index (χ0) is 13.0. The zero-order valence-corrected chi connectivity index (χ0v) is 11.3. The van der Waals surface area contributed by atoms with E-state index in [9.17, 15) is 5.11 Å². The van der Waals surface area contributed by atoms with Crippen LogP contribution in [0.2, 0.25) is 0 Å². The molecule has 0 fully saturated rings. The standard InChI is InChI=1S/C13H16N2O2S/c1-9-13(18-15-14-9)12(16)8-5-10-3-6-11(17-2)7-4-10/h3-4,6-7,12,16H,5,8H2,1-2H3. The van der Waals surface area contributed by atoms with Gasteiger partial charge in [0.1, 0.15) is 5.75 Å². The van der Waals surface area contributed by atoms with Gasteiger partial charge < -0.3 is 9.84 Å². The summed E-state index contributed by atoms with van der Waals surface area (Å²) in [5, 5.41) is 14.0. The second kappa shape index (κ2) is 5.93. The summed E-state index contributed by atoms with van der Waals surface area (Å²) in [6.07, 6.45) is 1.02. The number of methoxy groups -OCH3 is 1. The molecular formula is C13H16N2O2S. The third kappa shape index (κ3) is 3.05. The van der Waals surface area contributed by atoms with Crippen molar-refractivity contribution in [1.82, 2.24) is 9.59 Å². The first kappa shape index (κ1) is 13.0. The van der Waals surface area contributed by atoms with Crippen LogP contribution in [0.4, 0.5) is 0 Å². The average Bonchev–Trinajstić information content (AvgIpc) is 2.83. The summed E-state index contributed by atoms with van der Waals surface area (Å²) in [5.41, 5.74) is 2.01. The number of hydrogen-bond donors (Lipinski definition) is 1. The molecule has 1 atom stereocenters. The summed E-state index contributed by atoms with van der Waals surface area (Å²) in [4.78, 5) is 0.864. The van der Waals surface area contributed by atoms with Crippen LogP contribution in [0.3, 0.4) is 0 Å². The van der Waals surface area contributed by atoms with Crippen LogP contribution in [0.25, 0.3) is 0 Å². The van der Waals surface area contributed by atoms with Crippen molar-refractivity contribution >= 4 is 11.5 Å². The van der Waals surface area contributed by atoms with Gasteiger partial charge in [0.05, 0.1) is 23.8 Å². The molecule has 18 heavy (non-hydrogen) atoms. The lowest BCUT2D eigenvalue weighted by atomic mass is 10.1. The third-order valence-corrected chi connectivity index (χ3v) is 3.78. The van der Waals surface area contributed by atoms with Crippen molar-refractivity contribution in [2.45, 2.75) is 25.9 Å². The highest BCUT2D eigenvalue weighted by Gasteiger charge is 2.13. The fourth-order valence-electron chi connectivity index (χ4n) is 1.77. The smallest absolute Gasteiger partial charge is 0.118 e. The van der Waals surface area contributed by atoms with E-state index in [0.717, 1.165) is 22.7 Å². The van der Waals surface area contributed by atoms with E-state index in [4.69, 9.17) is 4.74 Å². The molecule has 2 aromatic rings. The maximum atomic E-state index is 10.1. The fraction of sp³-hybridized carbons (Fsp3) is 0.385. The highest BCUT2D eigenvalue weighted by Crippen LogP contribution is 2.24. The van der Waals surface area contributed by atoms with Crippen LogP contribution in [-0.2, 0) is 6.42 Å². The van der Waals surface area contributed by atoms with Crippen molar-refractivity contribution in [2.75, 3.05) is 7.11 Å². The summed E-state index contributed by atoms with van der Waals surface area (Å²) in [5.74, 6) is 0.849. The second-order valence-corrected chi connectivity index (χ2v) is 4.91. The van der Waals surface area contributed by atoms with Gasteiger partial charge in [-0.2, -0.15) is 0 Å². The Morgan fingerprint density at radius 1 is 1.33 bits per heavy atom. The molecule has 1 aromatic heterocycles. The fourth-order valence-corrected chi connectivity index (χ4v) is 2.43. The van der Waals surface area contributed by atoms with E-state index in [0.29, 0.717) is 6.42 Å². The number of aromatic nitrogens is 2.